The second kappa shape index (κ2) is 5.72. The number of benzene rings is 1. The Balaban J connectivity index is 2.32. The highest BCUT2D eigenvalue weighted by Gasteiger charge is 2.28. The molecule has 0 aromatic heterocycles. The summed E-state index contributed by atoms with van der Waals surface area (Å²) in [5.41, 5.74) is 8.59. The lowest BCUT2D eigenvalue weighted by atomic mass is 9.84. The van der Waals surface area contributed by atoms with Gasteiger partial charge in [0, 0.05) is 12.6 Å². The predicted octanol–water partition coefficient (Wildman–Crippen LogP) is 2.21. The molecule has 18 heavy (non-hydrogen) atoms. The summed E-state index contributed by atoms with van der Waals surface area (Å²) < 4.78 is 5.32. The van der Waals surface area contributed by atoms with E-state index in [-0.39, 0.29) is 0 Å². The van der Waals surface area contributed by atoms with Crippen molar-refractivity contribution in [3.05, 3.63) is 29.3 Å². The van der Waals surface area contributed by atoms with Gasteiger partial charge in [-0.05, 0) is 55.6 Å². The predicted molar refractivity (Wildman–Crippen MR) is 74.9 cm³/mol. The molecule has 0 bridgehead atoms. The molecule has 100 valence electrons. The van der Waals surface area contributed by atoms with E-state index in [1.54, 1.807) is 7.11 Å². The summed E-state index contributed by atoms with van der Waals surface area (Å²) in [4.78, 5) is 2.45. The van der Waals surface area contributed by atoms with E-state index in [0.717, 1.165) is 31.7 Å². The highest BCUT2D eigenvalue weighted by atomic mass is 16.5. The number of ether oxygens (including phenoxy) is 1. The summed E-state index contributed by atoms with van der Waals surface area (Å²) in [6.45, 7) is 4.17. The van der Waals surface area contributed by atoms with Gasteiger partial charge in [0.05, 0.1) is 7.11 Å². The minimum absolute atomic E-state index is 0.489. The van der Waals surface area contributed by atoms with Gasteiger partial charge in [-0.15, -0.1) is 0 Å². The maximum Gasteiger partial charge on any atom is 0.119 e. The van der Waals surface area contributed by atoms with Crippen LogP contribution in [0.4, 0.5) is 0 Å². The minimum Gasteiger partial charge on any atom is -0.497 e. The number of hydrogen-bond donors (Lipinski definition) is 1. The summed E-state index contributed by atoms with van der Waals surface area (Å²) in [7, 11) is 3.94. The lowest BCUT2D eigenvalue weighted by Crippen LogP contribution is -2.36. The van der Waals surface area contributed by atoms with Crippen LogP contribution in [0.5, 0.6) is 5.75 Å². The van der Waals surface area contributed by atoms with Crippen LogP contribution in [0.1, 0.15) is 30.5 Å². The van der Waals surface area contributed by atoms with Crippen LogP contribution in [0.3, 0.4) is 0 Å². The third kappa shape index (κ3) is 2.52. The third-order valence-electron chi connectivity index (χ3n) is 4.04. The Kier molecular flexibility index (Phi) is 4.25. The maximum absolute atomic E-state index is 5.71. The SMILES string of the molecule is COc1ccc2c(c1)CCN(C)C2C(C)CCN. The lowest BCUT2D eigenvalue weighted by molar-refractivity contribution is 0.167. The first-order valence-electron chi connectivity index (χ1n) is 6.74. The molecule has 0 saturated carbocycles. The van der Waals surface area contributed by atoms with Crippen LogP contribution in [0, 0.1) is 5.92 Å². The second-order valence-electron chi connectivity index (χ2n) is 5.29. The molecular weight excluding hydrogens is 224 g/mol. The highest BCUT2D eigenvalue weighted by molar-refractivity contribution is 5.39. The molecule has 1 aromatic carbocycles. The molecule has 2 unspecified atom stereocenters. The van der Waals surface area contributed by atoms with Crippen molar-refractivity contribution in [1.29, 1.82) is 0 Å². The van der Waals surface area contributed by atoms with Crippen LogP contribution >= 0.6 is 0 Å². The second-order valence-corrected chi connectivity index (χ2v) is 5.29. The van der Waals surface area contributed by atoms with Crippen molar-refractivity contribution in [2.45, 2.75) is 25.8 Å². The fourth-order valence-electron chi connectivity index (χ4n) is 3.05. The van der Waals surface area contributed by atoms with Crippen molar-refractivity contribution in [2.75, 3.05) is 27.2 Å². The lowest BCUT2D eigenvalue weighted by Gasteiger charge is -2.38. The number of fused-ring (bicyclic) bond motifs is 1. The molecule has 1 aromatic rings. The van der Waals surface area contributed by atoms with Crippen LogP contribution in [0.15, 0.2) is 18.2 Å². The van der Waals surface area contributed by atoms with Gasteiger partial charge in [-0.25, -0.2) is 0 Å². The van der Waals surface area contributed by atoms with E-state index in [1.165, 1.54) is 11.1 Å². The average molecular weight is 248 g/mol. The Bertz CT molecular complexity index is 405. The molecule has 0 spiro atoms. The summed E-state index contributed by atoms with van der Waals surface area (Å²) in [5, 5.41) is 0. The largest absolute Gasteiger partial charge is 0.497 e. The van der Waals surface area contributed by atoms with Gasteiger partial charge in [0.2, 0.25) is 0 Å². The van der Waals surface area contributed by atoms with Crippen LogP contribution in [-0.4, -0.2) is 32.1 Å². The molecule has 0 radical (unpaired) electrons. The van der Waals surface area contributed by atoms with E-state index in [4.69, 9.17) is 10.5 Å². The normalized spacial score (nSPS) is 21.4. The van der Waals surface area contributed by atoms with Gasteiger partial charge in [-0.3, -0.25) is 4.90 Å². The van der Waals surface area contributed by atoms with Gasteiger partial charge in [-0.2, -0.15) is 0 Å². The van der Waals surface area contributed by atoms with E-state index in [2.05, 4.69) is 37.1 Å². The van der Waals surface area contributed by atoms with Crippen LogP contribution in [0.2, 0.25) is 0 Å². The third-order valence-corrected chi connectivity index (χ3v) is 4.04. The summed E-state index contributed by atoms with van der Waals surface area (Å²) in [6.07, 6.45) is 2.18. The first-order valence-corrected chi connectivity index (χ1v) is 6.74. The quantitative estimate of drug-likeness (QED) is 0.888. The molecule has 0 aliphatic carbocycles. The van der Waals surface area contributed by atoms with Crippen LogP contribution in [-0.2, 0) is 6.42 Å². The average Bonchev–Trinajstić information content (AvgIpc) is 2.38. The molecular formula is C15H24N2O. The molecule has 1 heterocycles. The monoisotopic (exact) mass is 248 g/mol. The molecule has 0 fully saturated rings. The van der Waals surface area contributed by atoms with Gasteiger partial charge < -0.3 is 10.5 Å². The van der Waals surface area contributed by atoms with Crippen LogP contribution < -0.4 is 10.5 Å². The molecule has 0 saturated heterocycles. The van der Waals surface area contributed by atoms with E-state index < -0.39 is 0 Å². The Labute approximate surface area is 110 Å². The first kappa shape index (κ1) is 13.4. The zero-order chi connectivity index (χ0) is 13.1. The first-order chi connectivity index (χ1) is 8.67. The summed E-state index contributed by atoms with van der Waals surface area (Å²) in [6, 6.07) is 6.97. The molecule has 2 N–H and O–H groups in total. The number of methoxy groups -OCH3 is 1. The summed E-state index contributed by atoms with van der Waals surface area (Å²) >= 11 is 0. The van der Waals surface area contributed by atoms with Crippen molar-refractivity contribution in [2.24, 2.45) is 11.7 Å². The number of rotatable bonds is 4. The molecule has 2 atom stereocenters. The maximum atomic E-state index is 5.71. The number of hydrogen-bond acceptors (Lipinski definition) is 3. The Morgan fingerprint density at radius 3 is 2.94 bits per heavy atom. The van der Waals surface area contributed by atoms with Crippen molar-refractivity contribution in [1.82, 2.24) is 4.90 Å². The van der Waals surface area contributed by atoms with Crippen molar-refractivity contribution >= 4 is 0 Å². The Morgan fingerprint density at radius 2 is 2.28 bits per heavy atom. The number of likely N-dealkylation sites (N-methyl/N-ethyl adjacent to an activating group) is 1. The topological polar surface area (TPSA) is 38.5 Å². The van der Waals surface area contributed by atoms with Crippen molar-refractivity contribution < 1.29 is 4.74 Å². The van der Waals surface area contributed by atoms with Crippen molar-refractivity contribution in [3.8, 4) is 5.75 Å². The molecule has 1 aliphatic heterocycles. The van der Waals surface area contributed by atoms with Gasteiger partial charge in [0.1, 0.15) is 5.75 Å². The zero-order valence-electron chi connectivity index (χ0n) is 11.6. The van der Waals surface area contributed by atoms with E-state index >= 15 is 0 Å². The fraction of sp³-hybridized carbons (Fsp3) is 0.600. The molecule has 3 nitrogen and oxygen atoms in total. The smallest absolute Gasteiger partial charge is 0.119 e. The highest BCUT2D eigenvalue weighted by Crippen LogP contribution is 2.36. The summed E-state index contributed by atoms with van der Waals surface area (Å²) in [5.74, 6) is 1.55. The Hall–Kier alpha value is -1.06. The molecule has 2 rings (SSSR count). The van der Waals surface area contributed by atoms with Gasteiger partial charge >= 0.3 is 0 Å². The molecule has 0 amide bonds. The fourth-order valence-corrected chi connectivity index (χ4v) is 3.05. The van der Waals surface area contributed by atoms with Crippen molar-refractivity contribution in [3.63, 3.8) is 0 Å². The molecule has 1 aliphatic rings. The minimum atomic E-state index is 0.489. The van der Waals surface area contributed by atoms with Gasteiger partial charge in [0.15, 0.2) is 0 Å². The van der Waals surface area contributed by atoms with Gasteiger partial charge in [0.25, 0.3) is 0 Å². The number of nitrogens with zero attached hydrogens (tertiary/aromatic N) is 1. The van der Waals surface area contributed by atoms with Gasteiger partial charge in [-0.1, -0.05) is 13.0 Å². The van der Waals surface area contributed by atoms with E-state index in [9.17, 15) is 0 Å². The zero-order valence-corrected chi connectivity index (χ0v) is 11.6. The standard InChI is InChI=1S/C15H24N2O/c1-11(6-8-16)15-14-5-4-13(18-3)10-12(14)7-9-17(15)2/h4-5,10-11,15H,6-9,16H2,1-3H3. The van der Waals surface area contributed by atoms with E-state index in [0.29, 0.717) is 12.0 Å². The number of nitrogens with two attached hydrogens (primary N) is 1. The van der Waals surface area contributed by atoms with Crippen LogP contribution in [0.25, 0.3) is 0 Å². The Morgan fingerprint density at radius 1 is 1.50 bits per heavy atom. The molecule has 3 heteroatoms. The van der Waals surface area contributed by atoms with E-state index in [1.807, 2.05) is 0 Å².